The van der Waals surface area contributed by atoms with Gasteiger partial charge >= 0.3 is 0 Å². The van der Waals surface area contributed by atoms with Crippen LogP contribution >= 0.6 is 0 Å². The van der Waals surface area contributed by atoms with Crippen LogP contribution in [0.2, 0.25) is 0 Å². The van der Waals surface area contributed by atoms with Gasteiger partial charge in [0, 0.05) is 89.1 Å². The van der Waals surface area contributed by atoms with E-state index in [4.69, 9.17) is 14.5 Å². The number of carbonyl (C=O) groups is 3. The number of likely N-dealkylation sites (tertiary alicyclic amines) is 1. The second-order valence-corrected chi connectivity index (χ2v) is 16.0. The van der Waals surface area contributed by atoms with E-state index in [1.807, 2.05) is 42.7 Å². The van der Waals surface area contributed by atoms with Gasteiger partial charge in [-0.05, 0) is 99.0 Å². The number of amides is 3. The highest BCUT2D eigenvalue weighted by atomic mass is 16.5. The quantitative estimate of drug-likeness (QED) is 0.0700. The Kier molecular flexibility index (Phi) is 11.4. The lowest BCUT2D eigenvalue weighted by Crippen LogP contribution is -2.51. The first kappa shape index (κ1) is 39.1. The summed E-state index contributed by atoms with van der Waals surface area (Å²) in [5.41, 5.74) is 8.18. The maximum Gasteiger partial charge on any atom is 0.264 e. The van der Waals surface area contributed by atoms with Crippen molar-refractivity contribution in [3.05, 3.63) is 121 Å². The molecule has 3 aliphatic rings. The number of nitrogens with one attached hydrogen (secondary N) is 3. The Labute approximate surface area is 349 Å². The molecule has 9 rings (SSSR count). The molecule has 2 fully saturated rings. The summed E-state index contributed by atoms with van der Waals surface area (Å²) in [4.78, 5) is 55.6. The fourth-order valence-electron chi connectivity index (χ4n) is 8.72. The number of pyridine rings is 2. The van der Waals surface area contributed by atoms with Gasteiger partial charge in [-0.2, -0.15) is 0 Å². The molecule has 6 aromatic rings. The molecule has 0 spiro atoms. The molecule has 306 valence electrons. The maximum absolute atomic E-state index is 13.5. The number of allylic oxidation sites excluding steroid dienone is 1. The van der Waals surface area contributed by atoms with Gasteiger partial charge in [0.05, 0.1) is 30.0 Å². The van der Waals surface area contributed by atoms with Crippen LogP contribution < -0.4 is 15.4 Å². The monoisotopic (exact) mass is 803 g/mol. The second-order valence-electron chi connectivity index (χ2n) is 16.0. The summed E-state index contributed by atoms with van der Waals surface area (Å²) in [6.07, 6.45) is 10.5. The smallest absolute Gasteiger partial charge is 0.264 e. The van der Waals surface area contributed by atoms with Crippen LogP contribution in [0.4, 0.5) is 5.69 Å². The van der Waals surface area contributed by atoms with Crippen molar-refractivity contribution in [1.29, 1.82) is 0 Å². The van der Waals surface area contributed by atoms with Crippen LogP contribution in [0, 0.1) is 5.92 Å². The van der Waals surface area contributed by atoms with E-state index in [1.165, 1.54) is 0 Å². The third-order valence-corrected chi connectivity index (χ3v) is 11.9. The van der Waals surface area contributed by atoms with Gasteiger partial charge in [0.25, 0.3) is 11.8 Å². The minimum Gasteiger partial charge on any atom is -0.494 e. The lowest BCUT2D eigenvalue weighted by atomic mass is 9.97. The van der Waals surface area contributed by atoms with Gasteiger partial charge < -0.3 is 30.0 Å². The molecule has 3 aromatic carbocycles. The van der Waals surface area contributed by atoms with E-state index in [0.29, 0.717) is 67.6 Å². The standard InChI is InChI=1S/C48H49N7O5/c1-31-12-17-44(46(56)52-31)55-47(57)38-10-5-11-42(45(38)48(55)58)50-27-32-7-6-20-54(30-32)21-24-59-22-2-3-23-60-36-9-4-8-34(25-36)40-16-14-35(28-51-40)33-13-15-37-39-29-49-19-18-41(39)53-43(37)26-33/h4-5,8-11,13-16,18-19,25-26,28-29,32,44,50,53H,1-3,6-7,12,17,20-24,27,30H2,(H,52,56). The van der Waals surface area contributed by atoms with Crippen LogP contribution in [0.25, 0.3) is 44.2 Å². The molecule has 3 N–H and O–H groups in total. The predicted molar refractivity (Wildman–Crippen MR) is 233 cm³/mol. The number of unbranched alkanes of at least 4 members (excludes halogenated alkanes) is 1. The van der Waals surface area contributed by atoms with E-state index in [-0.39, 0.29) is 5.91 Å². The summed E-state index contributed by atoms with van der Waals surface area (Å²) in [6.45, 7) is 9.30. The van der Waals surface area contributed by atoms with Gasteiger partial charge in [0.1, 0.15) is 11.8 Å². The van der Waals surface area contributed by atoms with Crippen molar-refractivity contribution < 1.29 is 23.9 Å². The molecule has 3 amide bonds. The Morgan fingerprint density at radius 1 is 0.833 bits per heavy atom. The molecule has 6 heterocycles. The number of fused-ring (bicyclic) bond motifs is 4. The average Bonchev–Trinajstić information content (AvgIpc) is 3.77. The second kappa shape index (κ2) is 17.5. The fourth-order valence-corrected chi connectivity index (χ4v) is 8.72. The fraction of sp³-hybridized carbons (Fsp3) is 0.312. The van der Waals surface area contributed by atoms with Crippen molar-refractivity contribution >= 4 is 45.2 Å². The van der Waals surface area contributed by atoms with E-state index in [2.05, 4.69) is 68.5 Å². The number of hydrogen-bond acceptors (Lipinski definition) is 9. The Balaban J connectivity index is 0.682. The number of H-pyrrole nitrogens is 1. The molecule has 0 aliphatic carbocycles. The van der Waals surface area contributed by atoms with E-state index < -0.39 is 17.9 Å². The van der Waals surface area contributed by atoms with Crippen LogP contribution in [0.15, 0.2) is 110 Å². The van der Waals surface area contributed by atoms with Crippen LogP contribution in [-0.2, 0) is 9.53 Å². The number of ether oxygens (including phenoxy) is 2. The van der Waals surface area contributed by atoms with Crippen LogP contribution in [0.5, 0.6) is 5.75 Å². The Morgan fingerprint density at radius 2 is 1.72 bits per heavy atom. The van der Waals surface area contributed by atoms with Crippen molar-refractivity contribution in [2.45, 2.75) is 44.6 Å². The Hall–Kier alpha value is -6.37. The van der Waals surface area contributed by atoms with Gasteiger partial charge in [0.2, 0.25) is 5.91 Å². The summed E-state index contributed by atoms with van der Waals surface area (Å²) < 4.78 is 12.1. The van der Waals surface area contributed by atoms with Gasteiger partial charge in [0.15, 0.2) is 0 Å². The first-order chi connectivity index (χ1) is 29.4. The summed E-state index contributed by atoms with van der Waals surface area (Å²) in [5.74, 6) is 0.0228. The molecule has 2 saturated heterocycles. The number of hydrogen-bond donors (Lipinski definition) is 3. The topological polar surface area (TPSA) is 142 Å². The molecule has 3 aliphatic heterocycles. The molecule has 3 aromatic heterocycles. The third kappa shape index (κ3) is 8.25. The lowest BCUT2D eigenvalue weighted by molar-refractivity contribution is -0.125. The number of benzene rings is 3. The van der Waals surface area contributed by atoms with Crippen molar-refractivity contribution in [2.75, 3.05) is 51.3 Å². The van der Waals surface area contributed by atoms with E-state index in [9.17, 15) is 14.4 Å². The van der Waals surface area contributed by atoms with Gasteiger partial charge in [-0.1, -0.05) is 43.0 Å². The summed E-state index contributed by atoms with van der Waals surface area (Å²) >= 11 is 0. The normalized spacial score (nSPS) is 18.3. The minimum absolute atomic E-state index is 0.343. The van der Waals surface area contributed by atoms with E-state index in [0.717, 1.165) is 100 Å². The molecule has 0 saturated carbocycles. The number of rotatable bonds is 15. The zero-order valence-corrected chi connectivity index (χ0v) is 33.6. The molecule has 60 heavy (non-hydrogen) atoms. The number of aromatic amines is 1. The first-order valence-electron chi connectivity index (χ1n) is 21.0. The first-order valence-corrected chi connectivity index (χ1v) is 21.0. The number of imide groups is 1. The Morgan fingerprint density at radius 3 is 2.60 bits per heavy atom. The van der Waals surface area contributed by atoms with Crippen molar-refractivity contribution in [1.82, 2.24) is 30.1 Å². The summed E-state index contributed by atoms with van der Waals surface area (Å²) in [7, 11) is 0. The molecule has 12 heteroatoms. The summed E-state index contributed by atoms with van der Waals surface area (Å²) in [5, 5.41) is 8.45. The molecule has 0 radical (unpaired) electrons. The average molecular weight is 804 g/mol. The minimum atomic E-state index is -0.825. The Bertz CT molecular complexity index is 2570. The highest BCUT2D eigenvalue weighted by molar-refractivity contribution is 6.25. The number of piperidine rings is 2. The largest absolute Gasteiger partial charge is 0.494 e. The van der Waals surface area contributed by atoms with Crippen molar-refractivity contribution in [2.24, 2.45) is 5.92 Å². The zero-order valence-electron chi connectivity index (χ0n) is 33.6. The van der Waals surface area contributed by atoms with Crippen LogP contribution in [0.3, 0.4) is 0 Å². The van der Waals surface area contributed by atoms with Crippen molar-refractivity contribution in [3.8, 4) is 28.1 Å². The molecular weight excluding hydrogens is 755 g/mol. The SMILES string of the molecule is C=C1CCC(N2C(=O)c3cccc(NCC4CCCN(CCOCCCCOc5cccc(-c6ccc(-c7ccc8c(c7)[nH]c7ccncc78)cn6)c5)C4)c3C2=O)C(=O)N1. The molecular formula is C48H49N7O5. The maximum atomic E-state index is 13.5. The van der Waals surface area contributed by atoms with Crippen molar-refractivity contribution in [3.63, 3.8) is 0 Å². The molecule has 0 bridgehead atoms. The number of nitrogens with zero attached hydrogens (tertiary/aromatic N) is 4. The van der Waals surface area contributed by atoms with E-state index in [1.54, 1.807) is 18.3 Å². The number of carbonyl (C=O) groups excluding carboxylic acids is 3. The molecule has 2 atom stereocenters. The molecule has 12 nitrogen and oxygen atoms in total. The highest BCUT2D eigenvalue weighted by Crippen LogP contribution is 2.34. The van der Waals surface area contributed by atoms with Crippen LogP contribution in [-0.4, -0.2) is 94.5 Å². The number of anilines is 1. The molecule has 2 unspecified atom stereocenters. The van der Waals surface area contributed by atoms with E-state index >= 15 is 0 Å². The zero-order chi connectivity index (χ0) is 41.0. The van der Waals surface area contributed by atoms with Crippen LogP contribution in [0.1, 0.15) is 59.2 Å². The third-order valence-electron chi connectivity index (χ3n) is 11.9. The lowest BCUT2D eigenvalue weighted by Gasteiger charge is -2.33. The van der Waals surface area contributed by atoms with Gasteiger partial charge in [-0.15, -0.1) is 0 Å². The predicted octanol–water partition coefficient (Wildman–Crippen LogP) is 7.83. The summed E-state index contributed by atoms with van der Waals surface area (Å²) in [6, 6.07) is 25.2. The highest BCUT2D eigenvalue weighted by Gasteiger charge is 2.45. The van der Waals surface area contributed by atoms with Gasteiger partial charge in [-0.25, -0.2) is 0 Å². The number of aromatic nitrogens is 3. The van der Waals surface area contributed by atoms with Gasteiger partial charge in [-0.3, -0.25) is 29.3 Å².